The zero-order valence-electron chi connectivity index (χ0n) is 7.06. The normalized spacial score (nSPS) is 40.5. The second-order valence-corrected chi connectivity index (χ2v) is 4.97. The van der Waals surface area contributed by atoms with Gasteiger partial charge in [0.05, 0.1) is 0 Å². The topological polar surface area (TPSA) is 26.3 Å². The van der Waals surface area contributed by atoms with Gasteiger partial charge >= 0.3 is 5.97 Å². The van der Waals surface area contributed by atoms with Crippen molar-refractivity contribution in [2.45, 2.75) is 44.1 Å². The van der Waals surface area contributed by atoms with Gasteiger partial charge in [-0.1, -0.05) is 0 Å². The maximum Gasteiger partial charge on any atom is 0.306 e. The monoisotopic (exact) mass is 164 g/mol. The van der Waals surface area contributed by atoms with Crippen molar-refractivity contribution in [3.05, 3.63) is 0 Å². The lowest BCUT2D eigenvalue weighted by Gasteiger charge is -2.07. The summed E-state index contributed by atoms with van der Waals surface area (Å²) in [5.74, 6) is 0.0602. The van der Waals surface area contributed by atoms with Crippen molar-refractivity contribution in [3.63, 3.8) is 0 Å². The van der Waals surface area contributed by atoms with E-state index in [1.54, 1.807) is 0 Å². The van der Waals surface area contributed by atoms with Crippen molar-refractivity contribution in [2.75, 3.05) is 0 Å². The molecule has 2 nitrogen and oxygen atoms in total. The molecule has 1 heterocycles. The summed E-state index contributed by atoms with van der Waals surface area (Å²) >= 11 is 0. The molecule has 64 valence electrons. The molecule has 3 aliphatic carbocycles. The number of carbonyl (C=O) groups excluding carboxylic acids is 1. The molecule has 4 fully saturated rings. The van der Waals surface area contributed by atoms with Crippen LogP contribution in [0.4, 0.5) is 0 Å². The first-order valence-electron chi connectivity index (χ1n) is 4.98. The molecular formula is C10H12O2. The van der Waals surface area contributed by atoms with Crippen molar-refractivity contribution in [1.29, 1.82) is 0 Å². The molecule has 12 heavy (non-hydrogen) atoms. The fraction of sp³-hybridized carbons (Fsp3) is 0.900. The van der Waals surface area contributed by atoms with E-state index in [0.717, 1.165) is 6.42 Å². The Hall–Kier alpha value is -0.530. The maximum atomic E-state index is 11.1. The SMILES string of the molecule is O=C1CCC2(O1)C1(CC1)C21CC1. The zero-order chi connectivity index (χ0) is 8.03. The Balaban J connectivity index is 1.82. The average molecular weight is 164 g/mol. The molecule has 3 saturated carbocycles. The Bertz CT molecular complexity index is 279. The van der Waals surface area contributed by atoms with Gasteiger partial charge in [-0.15, -0.1) is 0 Å². The highest BCUT2D eigenvalue weighted by Gasteiger charge is 2.98. The van der Waals surface area contributed by atoms with Crippen molar-refractivity contribution >= 4 is 5.97 Å². The smallest absolute Gasteiger partial charge is 0.306 e. The molecule has 0 aromatic rings. The quantitative estimate of drug-likeness (QED) is 0.509. The number of hydrogen-bond acceptors (Lipinski definition) is 2. The van der Waals surface area contributed by atoms with Gasteiger partial charge in [0.2, 0.25) is 0 Å². The summed E-state index contributed by atoms with van der Waals surface area (Å²) in [7, 11) is 0. The third kappa shape index (κ3) is 0.329. The highest BCUT2D eigenvalue weighted by molar-refractivity contribution is 5.75. The second kappa shape index (κ2) is 1.24. The van der Waals surface area contributed by atoms with Crippen LogP contribution in [0.25, 0.3) is 0 Å². The van der Waals surface area contributed by atoms with Crippen LogP contribution in [0.5, 0.6) is 0 Å². The van der Waals surface area contributed by atoms with Gasteiger partial charge in [0.25, 0.3) is 0 Å². The van der Waals surface area contributed by atoms with Crippen molar-refractivity contribution in [3.8, 4) is 0 Å². The highest BCUT2D eigenvalue weighted by atomic mass is 16.6. The van der Waals surface area contributed by atoms with Crippen LogP contribution >= 0.6 is 0 Å². The molecule has 2 heteroatoms. The molecular weight excluding hydrogens is 152 g/mol. The molecule has 0 N–H and O–H groups in total. The van der Waals surface area contributed by atoms with Crippen LogP contribution in [0.15, 0.2) is 0 Å². The van der Waals surface area contributed by atoms with Gasteiger partial charge in [-0.2, -0.15) is 0 Å². The van der Waals surface area contributed by atoms with E-state index < -0.39 is 0 Å². The Morgan fingerprint density at radius 2 is 1.58 bits per heavy atom. The average Bonchev–Trinajstić information content (AvgIpc) is 2.94. The molecule has 4 rings (SSSR count). The Kier molecular flexibility index (Phi) is 0.623. The van der Waals surface area contributed by atoms with Crippen LogP contribution in [-0.2, 0) is 9.53 Å². The zero-order valence-corrected chi connectivity index (χ0v) is 7.06. The second-order valence-electron chi connectivity index (χ2n) is 4.97. The van der Waals surface area contributed by atoms with Gasteiger partial charge in [0, 0.05) is 17.3 Å². The summed E-state index contributed by atoms with van der Waals surface area (Å²) in [6.45, 7) is 0. The lowest BCUT2D eigenvalue weighted by molar-refractivity contribution is -0.144. The molecule has 0 aromatic carbocycles. The Morgan fingerprint density at radius 3 is 1.92 bits per heavy atom. The van der Waals surface area contributed by atoms with E-state index >= 15 is 0 Å². The third-order valence-corrected chi connectivity index (χ3v) is 4.87. The van der Waals surface area contributed by atoms with Gasteiger partial charge in [-0.3, -0.25) is 4.79 Å². The molecule has 4 aliphatic rings. The van der Waals surface area contributed by atoms with Gasteiger partial charge in [-0.25, -0.2) is 0 Å². The van der Waals surface area contributed by atoms with Gasteiger partial charge in [-0.05, 0) is 32.1 Å². The Morgan fingerprint density at radius 1 is 1.00 bits per heavy atom. The predicted octanol–water partition coefficient (Wildman–Crippen LogP) is 1.64. The first-order chi connectivity index (χ1) is 5.77. The molecule has 0 bridgehead atoms. The fourth-order valence-corrected chi connectivity index (χ4v) is 4.15. The van der Waals surface area contributed by atoms with E-state index in [4.69, 9.17) is 4.74 Å². The first kappa shape index (κ1) is 6.01. The fourth-order valence-electron chi connectivity index (χ4n) is 4.15. The molecule has 1 aliphatic heterocycles. The van der Waals surface area contributed by atoms with Crippen LogP contribution < -0.4 is 0 Å². The summed E-state index contributed by atoms with van der Waals surface area (Å²) in [6, 6.07) is 0. The van der Waals surface area contributed by atoms with Crippen molar-refractivity contribution in [1.82, 2.24) is 0 Å². The first-order valence-corrected chi connectivity index (χ1v) is 4.98. The molecule has 3 spiro atoms. The van der Waals surface area contributed by atoms with E-state index in [9.17, 15) is 4.79 Å². The summed E-state index contributed by atoms with van der Waals surface area (Å²) in [5.41, 5.74) is 1.12. The predicted molar refractivity (Wildman–Crippen MR) is 41.4 cm³/mol. The lowest BCUT2D eigenvalue weighted by atomic mass is 10.1. The molecule has 0 unspecified atom stereocenters. The van der Waals surface area contributed by atoms with Crippen LogP contribution in [0.2, 0.25) is 0 Å². The number of esters is 1. The van der Waals surface area contributed by atoms with E-state index in [-0.39, 0.29) is 11.6 Å². The van der Waals surface area contributed by atoms with Crippen LogP contribution in [0.3, 0.4) is 0 Å². The number of ether oxygens (including phenoxy) is 1. The van der Waals surface area contributed by atoms with Gasteiger partial charge in [0.15, 0.2) is 0 Å². The van der Waals surface area contributed by atoms with Crippen LogP contribution in [0.1, 0.15) is 38.5 Å². The van der Waals surface area contributed by atoms with Crippen LogP contribution in [0, 0.1) is 10.8 Å². The molecule has 0 amide bonds. The molecule has 1 saturated heterocycles. The summed E-state index contributed by atoms with van der Waals surface area (Å²) in [4.78, 5) is 11.1. The summed E-state index contributed by atoms with van der Waals surface area (Å²) in [6.07, 6.45) is 7.05. The third-order valence-electron chi connectivity index (χ3n) is 4.87. The minimum absolute atomic E-state index is 0.0602. The molecule has 0 atom stereocenters. The number of carbonyl (C=O) groups is 1. The summed E-state index contributed by atoms with van der Waals surface area (Å²) in [5, 5.41) is 0. The number of hydrogen-bond donors (Lipinski definition) is 0. The largest absolute Gasteiger partial charge is 0.458 e. The van der Waals surface area contributed by atoms with E-state index in [1.165, 1.54) is 25.7 Å². The Labute approximate surface area is 71.3 Å². The minimum atomic E-state index is 0.0602. The van der Waals surface area contributed by atoms with E-state index in [1.807, 2.05) is 0 Å². The minimum Gasteiger partial charge on any atom is -0.458 e. The van der Waals surface area contributed by atoms with Crippen molar-refractivity contribution < 1.29 is 9.53 Å². The number of fused-ring (bicyclic) bond motifs is 3. The highest BCUT2D eigenvalue weighted by Crippen LogP contribution is 2.96. The number of rotatable bonds is 0. The standard InChI is InChI=1S/C10H12O2/c11-7-1-2-10(12-7)8(3-4-8)9(10)5-6-9/h1-6H2. The molecule has 0 aromatic heterocycles. The van der Waals surface area contributed by atoms with Gasteiger partial charge < -0.3 is 4.74 Å². The van der Waals surface area contributed by atoms with Gasteiger partial charge in [0.1, 0.15) is 5.60 Å². The van der Waals surface area contributed by atoms with Crippen molar-refractivity contribution in [2.24, 2.45) is 10.8 Å². The lowest BCUT2D eigenvalue weighted by Crippen LogP contribution is -2.13. The molecule has 0 radical (unpaired) electrons. The van der Waals surface area contributed by atoms with Crippen LogP contribution in [-0.4, -0.2) is 11.6 Å². The van der Waals surface area contributed by atoms with E-state index in [2.05, 4.69) is 0 Å². The summed E-state index contributed by atoms with van der Waals surface area (Å²) < 4.78 is 5.58. The van der Waals surface area contributed by atoms with E-state index in [0.29, 0.717) is 17.3 Å². The maximum absolute atomic E-state index is 11.1.